The molecule has 1 heterocycles. The van der Waals surface area contributed by atoms with Crippen molar-refractivity contribution in [2.24, 2.45) is 0 Å². The van der Waals surface area contributed by atoms with Gasteiger partial charge < -0.3 is 5.73 Å². The van der Waals surface area contributed by atoms with Crippen LogP contribution in [0.3, 0.4) is 0 Å². The largest absolute Gasteiger partial charge is 0.384 e. The summed E-state index contributed by atoms with van der Waals surface area (Å²) in [6.07, 6.45) is 0. The molecular weight excluding hydrogens is 189 g/mol. The lowest BCUT2D eigenvalue weighted by molar-refractivity contribution is -0.0763. The van der Waals surface area contributed by atoms with E-state index in [0.717, 1.165) is 11.1 Å². The van der Waals surface area contributed by atoms with Gasteiger partial charge in [0.15, 0.2) is 11.5 Å². The molecule has 5 nitrogen and oxygen atoms in total. The Kier molecular flexibility index (Phi) is 2.98. The van der Waals surface area contributed by atoms with E-state index >= 15 is 0 Å². The highest BCUT2D eigenvalue weighted by molar-refractivity contribution is 5.91. The Morgan fingerprint density at radius 2 is 2.29 bits per heavy atom. The molecule has 76 valence electrons. The topological polar surface area (TPSA) is 68.5 Å². The lowest BCUT2D eigenvalue weighted by atomic mass is 10.3. The monoisotopic (exact) mass is 199 g/mol. The highest BCUT2D eigenvalue weighted by Gasteiger charge is 2.17. The van der Waals surface area contributed by atoms with Gasteiger partial charge in [-0.05, 0) is 12.1 Å². The van der Waals surface area contributed by atoms with Crippen molar-refractivity contribution in [2.45, 2.75) is 0 Å². The fourth-order valence-corrected chi connectivity index (χ4v) is 0.839. The number of hydrogen-bond donors (Lipinski definition) is 1. The minimum absolute atomic E-state index is 0.0826. The highest BCUT2D eigenvalue weighted by atomic mass is 19.1. The minimum Gasteiger partial charge on any atom is -0.384 e. The number of halogens is 1. The number of nitrogens with zero attached hydrogens (tertiary/aromatic N) is 2. The zero-order valence-corrected chi connectivity index (χ0v) is 7.82. The molecule has 6 heteroatoms. The van der Waals surface area contributed by atoms with Gasteiger partial charge in [-0.1, -0.05) is 0 Å². The van der Waals surface area contributed by atoms with Gasteiger partial charge in [-0.3, -0.25) is 9.63 Å². The van der Waals surface area contributed by atoms with Crippen LogP contribution >= 0.6 is 0 Å². The van der Waals surface area contributed by atoms with E-state index in [1.807, 2.05) is 0 Å². The molecule has 0 unspecified atom stereocenters. The lowest BCUT2D eigenvalue weighted by Gasteiger charge is -2.13. The normalized spacial score (nSPS) is 9.93. The molecular formula is C8H10FN3O2. The van der Waals surface area contributed by atoms with Crippen molar-refractivity contribution in [3.63, 3.8) is 0 Å². The third kappa shape index (κ3) is 1.97. The van der Waals surface area contributed by atoms with Crippen molar-refractivity contribution in [1.29, 1.82) is 0 Å². The molecule has 0 aliphatic heterocycles. The van der Waals surface area contributed by atoms with Crippen molar-refractivity contribution >= 4 is 11.7 Å². The van der Waals surface area contributed by atoms with Gasteiger partial charge in [-0.15, -0.1) is 0 Å². The van der Waals surface area contributed by atoms with Crippen LogP contribution in [0.2, 0.25) is 0 Å². The van der Waals surface area contributed by atoms with Crippen LogP contribution in [0.4, 0.5) is 10.2 Å². The Bertz CT molecular complexity index is 356. The molecule has 0 saturated carbocycles. The average Bonchev–Trinajstić information content (AvgIpc) is 2.19. The molecule has 0 saturated heterocycles. The van der Waals surface area contributed by atoms with Crippen LogP contribution in [0, 0.1) is 5.82 Å². The van der Waals surface area contributed by atoms with Gasteiger partial charge in [-0.25, -0.2) is 14.4 Å². The standard InChI is InChI=1S/C8H10FN3O2/c1-12(14-2)8(13)7-5(9)3-4-6(10)11-7/h3-4H,1-2H3,(H2,10,11). The molecule has 0 fully saturated rings. The quantitative estimate of drug-likeness (QED) is 0.701. The van der Waals surface area contributed by atoms with Gasteiger partial charge in [-0.2, -0.15) is 0 Å². The van der Waals surface area contributed by atoms with Crippen molar-refractivity contribution < 1.29 is 14.0 Å². The number of anilines is 1. The smallest absolute Gasteiger partial charge is 0.298 e. The maximum atomic E-state index is 13.1. The first-order valence-corrected chi connectivity index (χ1v) is 3.80. The van der Waals surface area contributed by atoms with Gasteiger partial charge in [0, 0.05) is 7.05 Å². The number of carbonyl (C=O) groups is 1. The fraction of sp³-hybridized carbons (Fsp3) is 0.250. The molecule has 1 amide bonds. The first-order valence-electron chi connectivity index (χ1n) is 3.80. The van der Waals surface area contributed by atoms with E-state index in [4.69, 9.17) is 5.73 Å². The summed E-state index contributed by atoms with van der Waals surface area (Å²) in [6.45, 7) is 0. The molecule has 2 N–H and O–H groups in total. The summed E-state index contributed by atoms with van der Waals surface area (Å²) in [4.78, 5) is 19.6. The second kappa shape index (κ2) is 4.01. The second-order valence-corrected chi connectivity index (χ2v) is 2.55. The molecule has 0 bridgehead atoms. The zero-order chi connectivity index (χ0) is 10.7. The molecule has 1 rings (SSSR count). The molecule has 0 aromatic carbocycles. The second-order valence-electron chi connectivity index (χ2n) is 2.55. The van der Waals surface area contributed by atoms with Crippen LogP contribution in [0.5, 0.6) is 0 Å². The number of carbonyl (C=O) groups excluding carboxylic acids is 1. The summed E-state index contributed by atoms with van der Waals surface area (Å²) in [5.74, 6) is -1.33. The van der Waals surface area contributed by atoms with Crippen molar-refractivity contribution in [3.05, 3.63) is 23.6 Å². The van der Waals surface area contributed by atoms with Crippen molar-refractivity contribution in [3.8, 4) is 0 Å². The van der Waals surface area contributed by atoms with E-state index < -0.39 is 11.7 Å². The Balaban J connectivity index is 3.06. The maximum absolute atomic E-state index is 13.1. The van der Waals surface area contributed by atoms with Gasteiger partial charge in [0.25, 0.3) is 5.91 Å². The first-order chi connectivity index (χ1) is 6.56. The fourth-order valence-electron chi connectivity index (χ4n) is 0.839. The summed E-state index contributed by atoms with van der Waals surface area (Å²) < 4.78 is 13.1. The number of amides is 1. The first kappa shape index (κ1) is 10.4. The molecule has 14 heavy (non-hydrogen) atoms. The Labute approximate surface area is 80.2 Å². The minimum atomic E-state index is -0.729. The number of nitrogens with two attached hydrogens (primary N) is 1. The number of aromatic nitrogens is 1. The van der Waals surface area contributed by atoms with E-state index in [1.165, 1.54) is 20.2 Å². The zero-order valence-electron chi connectivity index (χ0n) is 7.82. The predicted molar refractivity (Wildman–Crippen MR) is 47.7 cm³/mol. The van der Waals surface area contributed by atoms with Gasteiger partial charge in [0.1, 0.15) is 5.82 Å². The molecule has 0 radical (unpaired) electrons. The van der Waals surface area contributed by atoms with Crippen molar-refractivity contribution in [1.82, 2.24) is 10.0 Å². The highest BCUT2D eigenvalue weighted by Crippen LogP contribution is 2.09. The van der Waals surface area contributed by atoms with Crippen LogP contribution < -0.4 is 5.73 Å². The van der Waals surface area contributed by atoms with E-state index in [1.54, 1.807) is 0 Å². The summed E-state index contributed by atoms with van der Waals surface area (Å²) in [6, 6.07) is 2.36. The summed E-state index contributed by atoms with van der Waals surface area (Å²) in [5.41, 5.74) is 4.97. The van der Waals surface area contributed by atoms with E-state index in [2.05, 4.69) is 9.82 Å². The van der Waals surface area contributed by atoms with Crippen molar-refractivity contribution in [2.75, 3.05) is 19.9 Å². The summed E-state index contributed by atoms with van der Waals surface area (Å²) in [7, 11) is 2.65. The van der Waals surface area contributed by atoms with E-state index in [9.17, 15) is 9.18 Å². The van der Waals surface area contributed by atoms with Crippen LogP contribution in [0.1, 0.15) is 10.5 Å². The molecule has 0 atom stereocenters. The number of hydrogen-bond acceptors (Lipinski definition) is 4. The van der Waals surface area contributed by atoms with Gasteiger partial charge in [0.2, 0.25) is 0 Å². The summed E-state index contributed by atoms with van der Waals surface area (Å²) in [5, 5.41) is 0.866. The average molecular weight is 199 g/mol. The lowest BCUT2D eigenvalue weighted by Crippen LogP contribution is -2.27. The molecule has 1 aromatic heterocycles. The van der Waals surface area contributed by atoms with Gasteiger partial charge in [0.05, 0.1) is 7.11 Å². The molecule has 0 aliphatic carbocycles. The summed E-state index contributed by atoms with van der Waals surface area (Å²) >= 11 is 0. The predicted octanol–water partition coefficient (Wildman–Crippen LogP) is 0.436. The van der Waals surface area contributed by atoms with E-state index in [0.29, 0.717) is 0 Å². The Hall–Kier alpha value is -1.69. The number of nitrogen functional groups attached to an aromatic ring is 1. The third-order valence-electron chi connectivity index (χ3n) is 1.63. The SMILES string of the molecule is CON(C)C(=O)c1nc(N)ccc1F. The Morgan fingerprint density at radius 1 is 1.64 bits per heavy atom. The maximum Gasteiger partial charge on any atom is 0.298 e. The van der Waals surface area contributed by atoms with Crippen LogP contribution in [-0.2, 0) is 4.84 Å². The van der Waals surface area contributed by atoms with Crippen LogP contribution in [0.15, 0.2) is 12.1 Å². The van der Waals surface area contributed by atoms with Crippen LogP contribution in [-0.4, -0.2) is 30.1 Å². The number of pyridine rings is 1. The van der Waals surface area contributed by atoms with E-state index in [-0.39, 0.29) is 11.5 Å². The third-order valence-corrected chi connectivity index (χ3v) is 1.63. The molecule has 0 spiro atoms. The Morgan fingerprint density at radius 3 is 2.86 bits per heavy atom. The molecule has 0 aliphatic rings. The molecule has 1 aromatic rings. The number of rotatable bonds is 2. The number of hydroxylamine groups is 2. The van der Waals surface area contributed by atoms with Crippen LogP contribution in [0.25, 0.3) is 0 Å². The van der Waals surface area contributed by atoms with Gasteiger partial charge >= 0.3 is 0 Å².